The molecule has 232 valence electrons. The summed E-state index contributed by atoms with van der Waals surface area (Å²) < 4.78 is 0. The molecular weight excluding hydrogens is 601 g/mol. The molecule has 0 saturated carbocycles. The molecule has 0 aliphatic rings. The highest BCUT2D eigenvalue weighted by Crippen LogP contribution is 2.47. The third-order valence-electron chi connectivity index (χ3n) is 10.4. The molecule has 0 spiro atoms. The van der Waals surface area contributed by atoms with Crippen LogP contribution in [0, 0.1) is 0 Å². The van der Waals surface area contributed by atoms with Crippen LogP contribution in [0.4, 0.5) is 0 Å². The Kier molecular flexibility index (Phi) is 6.60. The van der Waals surface area contributed by atoms with Crippen molar-refractivity contribution in [2.45, 2.75) is 0 Å². The first-order chi connectivity index (χ1) is 24.8. The Balaban J connectivity index is 1.22. The Hall–Kier alpha value is -6.50. The predicted molar refractivity (Wildman–Crippen MR) is 216 cm³/mol. The topological polar surface area (TPSA) is 0 Å². The molecule has 10 rings (SSSR count). The van der Waals surface area contributed by atoms with Gasteiger partial charge in [0.1, 0.15) is 0 Å². The van der Waals surface area contributed by atoms with Crippen LogP contribution in [0.25, 0.3) is 98.4 Å². The molecule has 0 nitrogen and oxygen atoms in total. The van der Waals surface area contributed by atoms with Gasteiger partial charge in [-0.05, 0) is 117 Å². The first kappa shape index (κ1) is 28.5. The Bertz CT molecular complexity index is 2860. The lowest BCUT2D eigenvalue weighted by Crippen LogP contribution is -1.92. The fourth-order valence-corrected chi connectivity index (χ4v) is 8.16. The van der Waals surface area contributed by atoms with Crippen LogP contribution in [-0.4, -0.2) is 0 Å². The van der Waals surface area contributed by atoms with Gasteiger partial charge in [0.15, 0.2) is 0 Å². The van der Waals surface area contributed by atoms with E-state index in [1.165, 1.54) is 98.4 Å². The Morgan fingerprint density at radius 1 is 0.200 bits per heavy atom. The molecule has 0 aliphatic heterocycles. The van der Waals surface area contributed by atoms with Gasteiger partial charge in [0.2, 0.25) is 0 Å². The van der Waals surface area contributed by atoms with E-state index in [9.17, 15) is 0 Å². The lowest BCUT2D eigenvalue weighted by atomic mass is 9.83. The molecule has 0 saturated heterocycles. The molecule has 10 aromatic carbocycles. The summed E-state index contributed by atoms with van der Waals surface area (Å²) in [5, 5.41) is 12.7. The fourth-order valence-electron chi connectivity index (χ4n) is 8.16. The van der Waals surface area contributed by atoms with Crippen LogP contribution in [0.2, 0.25) is 0 Å². The van der Waals surface area contributed by atoms with Crippen LogP contribution in [0.3, 0.4) is 0 Å². The molecule has 0 unspecified atom stereocenters. The molecule has 10 aromatic rings. The average molecular weight is 633 g/mol. The number of hydrogen-bond donors (Lipinski definition) is 0. The van der Waals surface area contributed by atoms with E-state index in [-0.39, 0.29) is 0 Å². The van der Waals surface area contributed by atoms with Crippen molar-refractivity contribution in [3.05, 3.63) is 194 Å². The van der Waals surface area contributed by atoms with E-state index in [1.54, 1.807) is 0 Å². The second-order valence-corrected chi connectivity index (χ2v) is 13.2. The molecule has 0 bridgehead atoms. The normalized spacial score (nSPS) is 11.6. The number of benzene rings is 10. The second-order valence-electron chi connectivity index (χ2n) is 13.2. The molecule has 50 heavy (non-hydrogen) atoms. The maximum absolute atomic E-state index is 2.40. The summed E-state index contributed by atoms with van der Waals surface area (Å²) in [7, 11) is 0. The van der Waals surface area contributed by atoms with E-state index in [0.717, 1.165) is 0 Å². The summed E-state index contributed by atoms with van der Waals surface area (Å²) in [4.78, 5) is 0. The van der Waals surface area contributed by atoms with Gasteiger partial charge in [-0.1, -0.05) is 176 Å². The quantitative estimate of drug-likeness (QED) is 0.134. The summed E-state index contributed by atoms with van der Waals surface area (Å²) in [5.41, 5.74) is 10.0. The Labute approximate surface area is 291 Å². The van der Waals surface area contributed by atoms with Crippen LogP contribution in [0.5, 0.6) is 0 Å². The summed E-state index contributed by atoms with van der Waals surface area (Å²) in [6.45, 7) is 0. The second kappa shape index (κ2) is 11.6. The summed E-state index contributed by atoms with van der Waals surface area (Å²) in [6.07, 6.45) is 0. The maximum atomic E-state index is 2.40. The van der Waals surface area contributed by atoms with Gasteiger partial charge in [-0.3, -0.25) is 0 Å². The molecule has 0 heterocycles. The predicted octanol–water partition coefficient (Wildman–Crippen LogP) is 14.1. The fraction of sp³-hybridized carbons (Fsp3) is 0. The molecule has 0 radical (unpaired) electrons. The van der Waals surface area contributed by atoms with Crippen molar-refractivity contribution in [2.75, 3.05) is 0 Å². The van der Waals surface area contributed by atoms with Gasteiger partial charge >= 0.3 is 0 Å². The Morgan fingerprint density at radius 3 is 1.36 bits per heavy atom. The van der Waals surface area contributed by atoms with Crippen LogP contribution in [0.1, 0.15) is 0 Å². The zero-order valence-corrected chi connectivity index (χ0v) is 27.5. The largest absolute Gasteiger partial charge is 0.0622 e. The van der Waals surface area contributed by atoms with Gasteiger partial charge in [-0.25, -0.2) is 0 Å². The number of rotatable bonds is 4. The highest BCUT2D eigenvalue weighted by atomic mass is 14.2. The van der Waals surface area contributed by atoms with Crippen molar-refractivity contribution in [1.29, 1.82) is 0 Å². The van der Waals surface area contributed by atoms with E-state index >= 15 is 0 Å². The van der Waals surface area contributed by atoms with Crippen LogP contribution >= 0.6 is 0 Å². The minimum absolute atomic E-state index is 1.22. The molecule has 0 aliphatic carbocycles. The van der Waals surface area contributed by atoms with Gasteiger partial charge in [-0.15, -0.1) is 0 Å². The maximum Gasteiger partial charge on any atom is -0.00199 e. The van der Waals surface area contributed by atoms with E-state index in [0.29, 0.717) is 0 Å². The average Bonchev–Trinajstić information content (AvgIpc) is 3.19. The van der Waals surface area contributed by atoms with E-state index in [4.69, 9.17) is 0 Å². The molecular formula is C50H32. The van der Waals surface area contributed by atoms with Crippen molar-refractivity contribution in [2.24, 2.45) is 0 Å². The van der Waals surface area contributed by atoms with Crippen molar-refractivity contribution >= 4 is 53.9 Å². The molecule has 0 N–H and O–H groups in total. The third-order valence-corrected chi connectivity index (χ3v) is 10.4. The molecule has 0 heteroatoms. The summed E-state index contributed by atoms with van der Waals surface area (Å²) in [6, 6.07) is 71.3. The van der Waals surface area contributed by atoms with Crippen LogP contribution in [-0.2, 0) is 0 Å². The monoisotopic (exact) mass is 632 g/mol. The van der Waals surface area contributed by atoms with Gasteiger partial charge in [-0.2, -0.15) is 0 Å². The highest BCUT2D eigenvalue weighted by molar-refractivity contribution is 6.26. The highest BCUT2D eigenvalue weighted by Gasteiger charge is 2.19. The van der Waals surface area contributed by atoms with Gasteiger partial charge in [0, 0.05) is 0 Å². The van der Waals surface area contributed by atoms with Gasteiger partial charge in [0.25, 0.3) is 0 Å². The molecule has 0 fully saturated rings. The Morgan fingerprint density at radius 2 is 0.680 bits per heavy atom. The van der Waals surface area contributed by atoms with Gasteiger partial charge < -0.3 is 0 Å². The zero-order chi connectivity index (χ0) is 33.0. The minimum atomic E-state index is 1.22. The standard InChI is InChI=1S/C50H32/c1-2-14-34(15-3-1)39-17-6-7-18-40(39)36-28-26-33-27-29-37(31-38(33)30-36)49-44-22-10-12-24-46(44)50(47-25-13-11-23-45(47)49)48-32-35-16-4-5-19-41(35)42-20-8-9-21-43(42)48/h1-32H. The van der Waals surface area contributed by atoms with Gasteiger partial charge in [0.05, 0.1) is 0 Å². The van der Waals surface area contributed by atoms with Crippen LogP contribution in [0.15, 0.2) is 194 Å². The van der Waals surface area contributed by atoms with Crippen molar-refractivity contribution in [1.82, 2.24) is 0 Å². The SMILES string of the molecule is c1ccc(-c2ccccc2-c2ccc3ccc(-c4c5ccccc5c(-c5cc6ccccc6c6ccccc56)c5ccccc45)cc3c2)cc1. The summed E-state index contributed by atoms with van der Waals surface area (Å²) in [5.74, 6) is 0. The van der Waals surface area contributed by atoms with Crippen molar-refractivity contribution < 1.29 is 0 Å². The lowest BCUT2D eigenvalue weighted by Gasteiger charge is -2.20. The van der Waals surface area contributed by atoms with Crippen molar-refractivity contribution in [3.63, 3.8) is 0 Å². The van der Waals surface area contributed by atoms with Crippen LogP contribution < -0.4 is 0 Å². The van der Waals surface area contributed by atoms with E-state index < -0.39 is 0 Å². The number of fused-ring (bicyclic) bond motifs is 6. The first-order valence-electron chi connectivity index (χ1n) is 17.4. The lowest BCUT2D eigenvalue weighted by molar-refractivity contribution is 1.59. The molecule has 0 amide bonds. The smallest absolute Gasteiger partial charge is 0.00199 e. The third kappa shape index (κ3) is 4.54. The van der Waals surface area contributed by atoms with Crippen molar-refractivity contribution in [3.8, 4) is 44.5 Å². The van der Waals surface area contributed by atoms with E-state index in [1.807, 2.05) is 0 Å². The minimum Gasteiger partial charge on any atom is -0.0622 e. The first-order valence-corrected chi connectivity index (χ1v) is 17.4. The molecule has 0 atom stereocenters. The zero-order valence-electron chi connectivity index (χ0n) is 27.5. The summed E-state index contributed by atoms with van der Waals surface area (Å²) >= 11 is 0. The molecule has 0 aromatic heterocycles. The number of hydrogen-bond acceptors (Lipinski definition) is 0. The van der Waals surface area contributed by atoms with E-state index in [2.05, 4.69) is 194 Å².